The number of aliphatic hydroxyl groups is 1. The molecule has 0 saturated heterocycles. The molecule has 19 heavy (non-hydrogen) atoms. The zero-order valence-electron chi connectivity index (χ0n) is 11.5. The lowest BCUT2D eigenvalue weighted by Crippen LogP contribution is -2.22. The molecule has 0 spiro atoms. The number of rotatable bonds is 6. The Hall–Kier alpha value is -1.32. The molecule has 2 rings (SSSR count). The summed E-state index contributed by atoms with van der Waals surface area (Å²) in [7, 11) is 2.09. The van der Waals surface area contributed by atoms with E-state index in [1.807, 2.05) is 25.1 Å². The zero-order valence-corrected chi connectivity index (χ0v) is 12.4. The molecule has 0 aliphatic carbocycles. The van der Waals surface area contributed by atoms with Crippen LogP contribution in [0.15, 0.2) is 41.8 Å². The van der Waals surface area contributed by atoms with Crippen LogP contribution in [0.5, 0.6) is 0 Å². The Morgan fingerprint density at radius 1 is 1.21 bits per heavy atom. The summed E-state index contributed by atoms with van der Waals surface area (Å²) < 4.78 is 0. The molecule has 0 radical (unpaired) electrons. The molecule has 1 aromatic carbocycles. The van der Waals surface area contributed by atoms with Crippen molar-refractivity contribution in [2.24, 2.45) is 0 Å². The Morgan fingerprint density at radius 3 is 2.68 bits per heavy atom. The van der Waals surface area contributed by atoms with Crippen LogP contribution in [0, 0.1) is 0 Å². The standard InChI is InChI=1S/C16H21NOS/c1-3-16(18)14-8-4-5-9-15(14)17(2)11-10-13-7-6-12-19-13/h4-9,12,16,18H,3,10-11H2,1-2H3. The van der Waals surface area contributed by atoms with E-state index in [-0.39, 0.29) is 6.10 Å². The van der Waals surface area contributed by atoms with Crippen LogP contribution < -0.4 is 4.90 Å². The minimum Gasteiger partial charge on any atom is -0.388 e. The fourth-order valence-electron chi connectivity index (χ4n) is 2.19. The number of para-hydroxylation sites is 1. The minimum absolute atomic E-state index is 0.375. The quantitative estimate of drug-likeness (QED) is 0.865. The first kappa shape index (κ1) is 14.1. The van der Waals surface area contributed by atoms with Gasteiger partial charge in [-0.3, -0.25) is 0 Å². The summed E-state index contributed by atoms with van der Waals surface area (Å²) in [5.74, 6) is 0. The van der Waals surface area contributed by atoms with Crippen molar-refractivity contribution < 1.29 is 5.11 Å². The number of benzene rings is 1. The molecule has 1 N–H and O–H groups in total. The first-order chi connectivity index (χ1) is 9.22. The molecule has 0 saturated carbocycles. The van der Waals surface area contributed by atoms with Crippen molar-refractivity contribution in [2.45, 2.75) is 25.9 Å². The van der Waals surface area contributed by atoms with Crippen LogP contribution in [0.25, 0.3) is 0 Å². The summed E-state index contributed by atoms with van der Waals surface area (Å²) >= 11 is 1.80. The number of aliphatic hydroxyl groups excluding tert-OH is 1. The normalized spacial score (nSPS) is 12.4. The van der Waals surface area contributed by atoms with Crippen LogP contribution in [0.4, 0.5) is 5.69 Å². The van der Waals surface area contributed by atoms with Gasteiger partial charge in [0.1, 0.15) is 0 Å². The van der Waals surface area contributed by atoms with Gasteiger partial charge >= 0.3 is 0 Å². The Balaban J connectivity index is 2.07. The molecule has 2 aromatic rings. The summed E-state index contributed by atoms with van der Waals surface area (Å²) in [4.78, 5) is 3.63. The van der Waals surface area contributed by atoms with Gasteiger partial charge in [-0.2, -0.15) is 0 Å². The monoisotopic (exact) mass is 275 g/mol. The molecule has 1 atom stereocenters. The molecule has 0 fully saturated rings. The highest BCUT2D eigenvalue weighted by molar-refractivity contribution is 7.09. The predicted molar refractivity (Wildman–Crippen MR) is 83.0 cm³/mol. The largest absolute Gasteiger partial charge is 0.388 e. The zero-order chi connectivity index (χ0) is 13.7. The fourth-order valence-corrected chi connectivity index (χ4v) is 2.89. The smallest absolute Gasteiger partial charge is 0.0807 e. The number of anilines is 1. The third-order valence-electron chi connectivity index (χ3n) is 3.37. The highest BCUT2D eigenvalue weighted by Crippen LogP contribution is 2.27. The Kier molecular flexibility index (Phi) is 5.00. The number of nitrogens with zero attached hydrogens (tertiary/aromatic N) is 1. The van der Waals surface area contributed by atoms with Gasteiger partial charge in [0.05, 0.1) is 6.10 Å². The van der Waals surface area contributed by atoms with Gasteiger partial charge in [0.25, 0.3) is 0 Å². The number of hydrogen-bond acceptors (Lipinski definition) is 3. The van der Waals surface area contributed by atoms with Crippen LogP contribution in [0.2, 0.25) is 0 Å². The molecule has 0 bridgehead atoms. The van der Waals surface area contributed by atoms with Crippen molar-refractivity contribution in [2.75, 3.05) is 18.5 Å². The molecule has 2 nitrogen and oxygen atoms in total. The van der Waals surface area contributed by atoms with Gasteiger partial charge < -0.3 is 10.0 Å². The molecule has 1 unspecified atom stereocenters. The van der Waals surface area contributed by atoms with E-state index in [4.69, 9.17) is 0 Å². The van der Waals surface area contributed by atoms with Gasteiger partial charge in [0.2, 0.25) is 0 Å². The highest BCUT2D eigenvalue weighted by Gasteiger charge is 2.12. The van der Waals surface area contributed by atoms with Gasteiger partial charge in [0.15, 0.2) is 0 Å². The van der Waals surface area contributed by atoms with Crippen LogP contribution >= 0.6 is 11.3 Å². The van der Waals surface area contributed by atoms with Gasteiger partial charge in [0, 0.05) is 29.7 Å². The van der Waals surface area contributed by atoms with Crippen LogP contribution in [0.3, 0.4) is 0 Å². The first-order valence-corrected chi connectivity index (χ1v) is 7.61. The maximum atomic E-state index is 10.1. The van der Waals surface area contributed by atoms with E-state index >= 15 is 0 Å². The van der Waals surface area contributed by atoms with Crippen molar-refractivity contribution in [1.29, 1.82) is 0 Å². The van der Waals surface area contributed by atoms with Crippen molar-refractivity contribution in [3.05, 3.63) is 52.2 Å². The molecule has 3 heteroatoms. The second-order valence-corrected chi connectivity index (χ2v) is 5.77. The van der Waals surface area contributed by atoms with Crippen molar-refractivity contribution >= 4 is 17.0 Å². The van der Waals surface area contributed by atoms with E-state index in [2.05, 4.69) is 35.5 Å². The van der Waals surface area contributed by atoms with Crippen molar-refractivity contribution in [3.8, 4) is 0 Å². The first-order valence-electron chi connectivity index (χ1n) is 6.73. The summed E-state index contributed by atoms with van der Waals surface area (Å²) in [6.45, 7) is 2.97. The second-order valence-electron chi connectivity index (χ2n) is 4.73. The number of thiophene rings is 1. The van der Waals surface area contributed by atoms with E-state index in [1.54, 1.807) is 11.3 Å². The topological polar surface area (TPSA) is 23.5 Å². The molecular formula is C16H21NOS. The van der Waals surface area contributed by atoms with Gasteiger partial charge in [-0.15, -0.1) is 11.3 Å². The third kappa shape index (κ3) is 3.58. The lowest BCUT2D eigenvalue weighted by molar-refractivity contribution is 0.174. The molecule has 1 aromatic heterocycles. The molecule has 0 aliphatic rings. The van der Waals surface area contributed by atoms with E-state index in [1.165, 1.54) is 4.88 Å². The summed E-state index contributed by atoms with van der Waals surface area (Å²) in [5.41, 5.74) is 2.16. The molecule has 102 valence electrons. The number of likely N-dealkylation sites (N-methyl/N-ethyl adjacent to an activating group) is 1. The van der Waals surface area contributed by atoms with Crippen LogP contribution in [-0.2, 0) is 6.42 Å². The lowest BCUT2D eigenvalue weighted by atomic mass is 10.0. The van der Waals surface area contributed by atoms with E-state index in [0.717, 1.165) is 30.6 Å². The Morgan fingerprint density at radius 2 is 2.00 bits per heavy atom. The highest BCUT2D eigenvalue weighted by atomic mass is 32.1. The molecule has 1 heterocycles. The number of hydrogen-bond donors (Lipinski definition) is 1. The molecular weight excluding hydrogens is 254 g/mol. The third-order valence-corrected chi connectivity index (χ3v) is 4.30. The van der Waals surface area contributed by atoms with Crippen LogP contribution in [0.1, 0.15) is 29.9 Å². The van der Waals surface area contributed by atoms with Crippen LogP contribution in [-0.4, -0.2) is 18.7 Å². The Bertz CT molecular complexity index is 495. The van der Waals surface area contributed by atoms with E-state index in [9.17, 15) is 5.11 Å². The summed E-state index contributed by atoms with van der Waals surface area (Å²) in [6, 6.07) is 12.4. The lowest BCUT2D eigenvalue weighted by Gasteiger charge is -2.24. The Labute approximate surface area is 119 Å². The fraction of sp³-hybridized carbons (Fsp3) is 0.375. The maximum absolute atomic E-state index is 10.1. The average Bonchev–Trinajstić information content (AvgIpc) is 2.97. The molecule has 0 amide bonds. The van der Waals surface area contributed by atoms with Gasteiger partial charge in [-0.25, -0.2) is 0 Å². The average molecular weight is 275 g/mol. The second kappa shape index (κ2) is 6.73. The summed E-state index contributed by atoms with van der Waals surface area (Å²) in [5, 5.41) is 12.2. The van der Waals surface area contributed by atoms with Gasteiger partial charge in [-0.1, -0.05) is 31.2 Å². The predicted octanol–water partition coefficient (Wildman–Crippen LogP) is 3.87. The minimum atomic E-state index is -0.375. The maximum Gasteiger partial charge on any atom is 0.0807 e. The van der Waals surface area contributed by atoms with Crippen molar-refractivity contribution in [1.82, 2.24) is 0 Å². The SMILES string of the molecule is CCC(O)c1ccccc1N(C)CCc1cccs1. The van der Waals surface area contributed by atoms with Gasteiger partial charge in [-0.05, 0) is 30.4 Å². The van der Waals surface area contributed by atoms with E-state index < -0.39 is 0 Å². The van der Waals surface area contributed by atoms with E-state index in [0.29, 0.717) is 0 Å². The van der Waals surface area contributed by atoms with Crippen molar-refractivity contribution in [3.63, 3.8) is 0 Å². The molecule has 0 aliphatic heterocycles. The summed E-state index contributed by atoms with van der Waals surface area (Å²) in [6.07, 6.45) is 1.42.